The van der Waals surface area contributed by atoms with Crippen molar-refractivity contribution >= 4 is 73.9 Å². The third kappa shape index (κ3) is 15.3. The van der Waals surface area contributed by atoms with Crippen LogP contribution in [0.5, 0.6) is 0 Å². The van der Waals surface area contributed by atoms with E-state index in [9.17, 15) is 33.6 Å². The van der Waals surface area contributed by atoms with Gasteiger partial charge >= 0.3 is 5.97 Å². The Morgan fingerprint density at radius 1 is 0.843 bits per heavy atom. The summed E-state index contributed by atoms with van der Waals surface area (Å²) in [6.45, 7) is 5.02. The van der Waals surface area contributed by atoms with Crippen molar-refractivity contribution in [2.24, 2.45) is 17.6 Å². The molecule has 6 N–H and O–H groups in total. The molecule has 0 radical (unpaired) electrons. The van der Waals surface area contributed by atoms with E-state index in [1.54, 1.807) is 35.5 Å². The highest BCUT2D eigenvalue weighted by atomic mass is 79.9. The number of fused-ring (bicyclic) bond motifs is 2. The van der Waals surface area contributed by atoms with Crippen LogP contribution in [0.3, 0.4) is 0 Å². The average molecular weight is 1040 g/mol. The van der Waals surface area contributed by atoms with E-state index in [4.69, 9.17) is 24.7 Å². The number of esters is 1. The minimum absolute atomic E-state index is 0.0586. The van der Waals surface area contributed by atoms with Gasteiger partial charge in [-0.3, -0.25) is 38.2 Å². The minimum atomic E-state index is -0.847. The quantitative estimate of drug-likeness (QED) is 0.0228. The lowest BCUT2D eigenvalue weighted by molar-refractivity contribution is -0.142. The van der Waals surface area contributed by atoms with Crippen molar-refractivity contribution in [2.75, 3.05) is 84.9 Å². The lowest BCUT2D eigenvalue weighted by atomic mass is 10.0. The number of ketones is 1. The van der Waals surface area contributed by atoms with Gasteiger partial charge in [-0.2, -0.15) is 5.10 Å². The molecule has 0 bridgehead atoms. The number of nitrogens with zero attached hydrogens (tertiary/aromatic N) is 6. The molecule has 0 spiro atoms. The number of pyridine rings is 1. The maximum absolute atomic E-state index is 13.8. The molecular formula is C46H58BrN11O12. The first-order valence-electron chi connectivity index (χ1n) is 22.7. The van der Waals surface area contributed by atoms with Gasteiger partial charge in [-0.15, -0.1) is 0 Å². The summed E-state index contributed by atoms with van der Waals surface area (Å²) in [6, 6.07) is 7.57. The number of hydrogen-bond acceptors (Lipinski definition) is 17. The van der Waals surface area contributed by atoms with Crippen molar-refractivity contribution in [1.29, 1.82) is 0 Å². The number of ether oxygens (including phenoxy) is 5. The van der Waals surface area contributed by atoms with Crippen LogP contribution in [-0.4, -0.2) is 163 Å². The molecule has 23 nitrogen and oxygen atoms in total. The van der Waals surface area contributed by atoms with Crippen LogP contribution in [0.4, 0.5) is 5.82 Å². The number of carbonyl (C=O) groups is 7. The van der Waals surface area contributed by atoms with Crippen LogP contribution in [0.2, 0.25) is 0 Å². The molecule has 70 heavy (non-hydrogen) atoms. The summed E-state index contributed by atoms with van der Waals surface area (Å²) in [7, 11) is 1.23. The van der Waals surface area contributed by atoms with Crippen molar-refractivity contribution in [3.63, 3.8) is 0 Å². The lowest BCUT2D eigenvalue weighted by Gasteiger charge is -2.27. The van der Waals surface area contributed by atoms with Crippen molar-refractivity contribution in [3.05, 3.63) is 64.4 Å². The highest BCUT2D eigenvalue weighted by molar-refractivity contribution is 9.10. The van der Waals surface area contributed by atoms with Crippen molar-refractivity contribution in [1.82, 2.24) is 45.6 Å². The topological polar surface area (TPSA) is 300 Å². The van der Waals surface area contributed by atoms with Crippen LogP contribution in [0, 0.1) is 18.8 Å². The Labute approximate surface area is 411 Å². The van der Waals surface area contributed by atoms with Crippen LogP contribution in [0.1, 0.15) is 48.1 Å². The van der Waals surface area contributed by atoms with E-state index in [-0.39, 0.29) is 145 Å². The van der Waals surface area contributed by atoms with Crippen LogP contribution in [-0.2, 0) is 65.5 Å². The summed E-state index contributed by atoms with van der Waals surface area (Å²) >= 11 is 3.35. The fraction of sp³-hybridized carbons (Fsp3) is 0.500. The second kappa shape index (κ2) is 26.1. The SMILES string of the molecule is COC(=O)[C@@H](N)CCC(=O)NCCOCCOCC(=O)NCCOCCOCC(=O)NCc1ncc(-c2ccc3c(c2)c(C(C)=O)nn3CC(=O)N2C[C@H]3C[C@H]3[C@H]2C(=O)Nc2nc(Br)ccc2C)cn1. The first-order valence-corrected chi connectivity index (χ1v) is 23.5. The number of benzene rings is 1. The number of anilines is 1. The van der Waals surface area contributed by atoms with Gasteiger partial charge in [0.2, 0.25) is 29.5 Å². The highest BCUT2D eigenvalue weighted by Crippen LogP contribution is 2.50. The number of carbonyl (C=O) groups excluding carboxylic acids is 7. The van der Waals surface area contributed by atoms with E-state index in [0.717, 1.165) is 12.0 Å². The number of aryl methyl sites for hydroxylation is 1. The fourth-order valence-electron chi connectivity index (χ4n) is 7.65. The number of Topliss-reactive ketones (excluding diaryl/α,β-unsaturated/α-hetero) is 1. The first kappa shape index (κ1) is 53.0. The molecule has 1 aliphatic carbocycles. The van der Waals surface area contributed by atoms with Gasteiger partial charge in [0.1, 0.15) is 53.8 Å². The lowest BCUT2D eigenvalue weighted by Crippen LogP contribution is -2.47. The maximum Gasteiger partial charge on any atom is 0.322 e. The Balaban J connectivity index is 0.835. The molecule has 5 amide bonds. The molecule has 4 heterocycles. The Kier molecular flexibility index (Phi) is 19.7. The van der Waals surface area contributed by atoms with Crippen molar-refractivity contribution in [2.45, 2.75) is 58.3 Å². The largest absolute Gasteiger partial charge is 0.468 e. The minimum Gasteiger partial charge on any atom is -0.468 e. The number of piperidine rings is 1. The average Bonchev–Trinajstić information content (AvgIpc) is 3.86. The second-order valence-electron chi connectivity index (χ2n) is 16.6. The number of likely N-dealkylation sites (tertiary alicyclic amines) is 1. The van der Waals surface area contributed by atoms with Gasteiger partial charge in [0.15, 0.2) is 5.78 Å². The number of aromatic nitrogens is 5. The number of methoxy groups -OCH3 is 1. The van der Waals surface area contributed by atoms with Gasteiger partial charge in [-0.1, -0.05) is 12.1 Å². The zero-order valence-electron chi connectivity index (χ0n) is 39.2. The number of hydrogen-bond donors (Lipinski definition) is 5. The molecule has 1 aromatic carbocycles. The van der Waals surface area contributed by atoms with Crippen LogP contribution in [0.25, 0.3) is 22.0 Å². The number of nitrogens with two attached hydrogens (primary N) is 1. The molecular weight excluding hydrogens is 978 g/mol. The summed E-state index contributed by atoms with van der Waals surface area (Å²) in [5, 5.41) is 16.0. The number of rotatable bonds is 28. The molecule has 3 aromatic heterocycles. The van der Waals surface area contributed by atoms with E-state index in [2.05, 4.69) is 62.0 Å². The van der Waals surface area contributed by atoms with Crippen LogP contribution in [0.15, 0.2) is 47.3 Å². The van der Waals surface area contributed by atoms with Crippen molar-refractivity contribution in [3.8, 4) is 11.1 Å². The Morgan fingerprint density at radius 2 is 1.50 bits per heavy atom. The second-order valence-corrected chi connectivity index (χ2v) is 17.4. The summed E-state index contributed by atoms with van der Waals surface area (Å²) < 4.78 is 28.1. The third-order valence-corrected chi connectivity index (χ3v) is 11.9. The third-order valence-electron chi connectivity index (χ3n) is 11.4. The molecule has 4 aromatic rings. The molecule has 2 fully saturated rings. The van der Waals surface area contributed by atoms with E-state index < -0.39 is 18.1 Å². The Bertz CT molecular complexity index is 2510. The summed E-state index contributed by atoms with van der Waals surface area (Å²) in [4.78, 5) is 102. The van der Waals surface area contributed by atoms with E-state index >= 15 is 0 Å². The first-order chi connectivity index (χ1) is 33.7. The Hall–Kier alpha value is -6.31. The zero-order chi connectivity index (χ0) is 50.2. The normalized spacial score (nSPS) is 16.3. The van der Waals surface area contributed by atoms with Gasteiger partial charge < -0.3 is 55.6 Å². The van der Waals surface area contributed by atoms with Gasteiger partial charge in [-0.25, -0.2) is 15.0 Å². The van der Waals surface area contributed by atoms with Gasteiger partial charge in [0.05, 0.1) is 58.8 Å². The molecule has 376 valence electrons. The summed E-state index contributed by atoms with van der Waals surface area (Å²) in [5.41, 5.74) is 8.56. The number of halogens is 1. The van der Waals surface area contributed by atoms with Gasteiger partial charge in [0.25, 0.3) is 0 Å². The number of amides is 5. The standard InChI is InChI=1S/C46H58BrN11O12/c1-27-4-8-36(47)54-44(27)55-45(64)43-32-19-30(32)23-57(43)41(63)24-58-35-7-5-29(18-33(35)42(56-58)28(2)59)31-20-51-37(52-21-31)22-53-40(62)26-70-17-15-68-13-11-50-39(61)25-69-16-14-67-12-10-49-38(60)9-6-34(48)46(65)66-3/h4-5,7-8,18,20-21,30,32,34,43H,6,9-17,19,22-26,48H2,1-3H3,(H,49,60)(H,50,61)(H,53,62)(H,54,55,64)/t30-,32-,34+,43+/m1/s1. The smallest absolute Gasteiger partial charge is 0.322 e. The fourth-order valence-corrected chi connectivity index (χ4v) is 7.96. The molecule has 4 atom stereocenters. The van der Waals surface area contributed by atoms with E-state index in [0.29, 0.717) is 44.8 Å². The molecule has 0 unspecified atom stereocenters. The van der Waals surface area contributed by atoms with Crippen LogP contribution < -0.4 is 27.0 Å². The van der Waals surface area contributed by atoms with Gasteiger partial charge in [-0.05, 0) is 76.9 Å². The monoisotopic (exact) mass is 1040 g/mol. The maximum atomic E-state index is 13.8. The Morgan fingerprint density at radius 3 is 2.17 bits per heavy atom. The predicted molar refractivity (Wildman–Crippen MR) is 254 cm³/mol. The summed E-state index contributed by atoms with van der Waals surface area (Å²) in [5.74, 6) is -1.22. The molecule has 6 rings (SSSR count). The van der Waals surface area contributed by atoms with Crippen molar-refractivity contribution < 1.29 is 57.2 Å². The molecule has 1 saturated heterocycles. The van der Waals surface area contributed by atoms with Gasteiger partial charge in [0, 0.05) is 56.3 Å². The molecule has 2 aliphatic rings. The van der Waals surface area contributed by atoms with Crippen LogP contribution >= 0.6 is 15.9 Å². The van der Waals surface area contributed by atoms with E-state index in [1.807, 2.05) is 19.1 Å². The zero-order valence-corrected chi connectivity index (χ0v) is 40.8. The predicted octanol–water partition coefficient (Wildman–Crippen LogP) is 0.843. The number of nitrogens with one attached hydrogen (secondary N) is 4. The van der Waals surface area contributed by atoms with E-state index in [1.165, 1.54) is 18.7 Å². The summed E-state index contributed by atoms with van der Waals surface area (Å²) in [6.07, 6.45) is 4.36. The molecule has 24 heteroatoms. The molecule has 1 aliphatic heterocycles. The molecule has 1 saturated carbocycles. The highest BCUT2D eigenvalue weighted by Gasteiger charge is 2.57.